The molecule has 0 aromatic carbocycles. The van der Waals surface area contributed by atoms with E-state index >= 15 is 0 Å². The molecule has 0 unspecified atom stereocenters. The number of alkyl halides is 4. The Kier molecular flexibility index (Phi) is 1.20. The summed E-state index contributed by atoms with van der Waals surface area (Å²) in [5, 5.41) is 0. The monoisotopic (exact) mass is 302 g/mol. The molecular formula is C7H6Br2F2O. The van der Waals surface area contributed by atoms with Crippen molar-refractivity contribution >= 4 is 31.9 Å². The molecule has 3 aliphatic rings. The number of hydrogen-bond donors (Lipinski definition) is 0. The zero-order chi connectivity index (χ0) is 8.78. The molecule has 12 heavy (non-hydrogen) atoms. The Hall–Kier alpha value is 0.780. The number of halogens is 4. The minimum absolute atomic E-state index is 0.308. The molecule has 3 rings (SSSR count). The van der Waals surface area contributed by atoms with Crippen molar-refractivity contribution in [3.63, 3.8) is 0 Å². The second-order valence-corrected chi connectivity index (χ2v) is 6.19. The van der Waals surface area contributed by atoms with Crippen LogP contribution in [0, 0.1) is 0 Å². The van der Waals surface area contributed by atoms with Crippen LogP contribution in [0.1, 0.15) is 12.8 Å². The average Bonchev–Trinajstić information content (AvgIpc) is 2.49. The van der Waals surface area contributed by atoms with Crippen LogP contribution in [0.3, 0.4) is 0 Å². The van der Waals surface area contributed by atoms with Crippen LogP contribution < -0.4 is 0 Å². The lowest BCUT2D eigenvalue weighted by atomic mass is 10.0. The van der Waals surface area contributed by atoms with E-state index in [0.717, 1.165) is 12.8 Å². The van der Waals surface area contributed by atoms with Gasteiger partial charge in [-0.2, -0.15) is 0 Å². The van der Waals surface area contributed by atoms with Gasteiger partial charge in [-0.25, -0.2) is 8.78 Å². The second kappa shape index (κ2) is 1.77. The Morgan fingerprint density at radius 3 is 1.83 bits per heavy atom. The summed E-state index contributed by atoms with van der Waals surface area (Å²) in [5.41, 5.74) is 0. The Morgan fingerprint density at radius 2 is 1.50 bits per heavy atom. The molecule has 0 radical (unpaired) electrons. The van der Waals surface area contributed by atoms with Crippen molar-refractivity contribution in [3.05, 3.63) is 0 Å². The van der Waals surface area contributed by atoms with Crippen LogP contribution in [-0.4, -0.2) is 26.8 Å². The van der Waals surface area contributed by atoms with E-state index in [1.165, 1.54) is 0 Å². The normalized spacial score (nSPS) is 65.0. The van der Waals surface area contributed by atoms with Gasteiger partial charge in [0.25, 0.3) is 5.92 Å². The van der Waals surface area contributed by atoms with Crippen LogP contribution >= 0.6 is 31.9 Å². The molecule has 2 heterocycles. The minimum Gasteiger partial charge on any atom is -0.371 e. The highest BCUT2D eigenvalue weighted by Gasteiger charge is 2.99. The number of rotatable bonds is 0. The maximum Gasteiger partial charge on any atom is 0.286 e. The summed E-state index contributed by atoms with van der Waals surface area (Å²) in [6.07, 6.45) is 0.881. The first-order valence-electron chi connectivity index (χ1n) is 3.87. The number of ether oxygens (including phenoxy) is 1. The van der Waals surface area contributed by atoms with Gasteiger partial charge < -0.3 is 4.74 Å². The maximum atomic E-state index is 13.4. The minimum atomic E-state index is -2.65. The smallest absolute Gasteiger partial charge is 0.286 e. The Morgan fingerprint density at radius 1 is 1.08 bits per heavy atom. The third-order valence-electron chi connectivity index (χ3n) is 3.29. The first-order valence-corrected chi connectivity index (χ1v) is 5.46. The van der Waals surface area contributed by atoms with Gasteiger partial charge in [0.05, 0.1) is 12.2 Å². The highest BCUT2D eigenvalue weighted by molar-refractivity contribution is 9.13. The van der Waals surface area contributed by atoms with Gasteiger partial charge in [0.15, 0.2) is 0 Å². The molecule has 1 nitrogen and oxygen atoms in total. The molecule has 0 aromatic rings. The van der Waals surface area contributed by atoms with E-state index in [2.05, 4.69) is 31.9 Å². The summed E-state index contributed by atoms with van der Waals surface area (Å²) in [7, 11) is 0. The van der Waals surface area contributed by atoms with Gasteiger partial charge in [0.2, 0.25) is 0 Å². The molecule has 0 aromatic heterocycles. The molecule has 1 saturated carbocycles. The topological polar surface area (TPSA) is 9.23 Å². The van der Waals surface area contributed by atoms with Gasteiger partial charge in [-0.3, -0.25) is 0 Å². The summed E-state index contributed by atoms with van der Waals surface area (Å²) in [6.45, 7) is 0. The molecule has 2 aliphatic heterocycles. The molecule has 68 valence electrons. The van der Waals surface area contributed by atoms with Crippen molar-refractivity contribution in [2.24, 2.45) is 0 Å². The fraction of sp³-hybridized carbons (Fsp3) is 1.00. The standard InChI is InChI=1S/C7H6Br2F2O/c8-5-3-1-2-4(12-3)6(5,9)7(5,10)11/h3-4H,1-2H2/t3-,4+,5+,6-. The quantitative estimate of drug-likeness (QED) is 0.625. The fourth-order valence-corrected chi connectivity index (χ4v) is 4.93. The van der Waals surface area contributed by atoms with Gasteiger partial charge >= 0.3 is 0 Å². The van der Waals surface area contributed by atoms with E-state index in [4.69, 9.17) is 4.74 Å². The molecule has 2 bridgehead atoms. The van der Waals surface area contributed by atoms with Crippen molar-refractivity contribution in [1.29, 1.82) is 0 Å². The third-order valence-corrected chi connectivity index (χ3v) is 7.09. The molecule has 2 saturated heterocycles. The van der Waals surface area contributed by atoms with Crippen molar-refractivity contribution in [2.75, 3.05) is 0 Å². The second-order valence-electron chi connectivity index (χ2n) is 3.69. The van der Waals surface area contributed by atoms with Crippen LogP contribution in [0.4, 0.5) is 8.78 Å². The first-order chi connectivity index (χ1) is 5.46. The van der Waals surface area contributed by atoms with Crippen LogP contribution in [-0.2, 0) is 4.74 Å². The van der Waals surface area contributed by atoms with E-state index in [-0.39, 0.29) is 12.2 Å². The summed E-state index contributed by atoms with van der Waals surface area (Å²) in [5.74, 6) is -2.65. The first kappa shape index (κ1) is 8.12. The van der Waals surface area contributed by atoms with E-state index in [0.29, 0.717) is 0 Å². The number of hydrogen-bond acceptors (Lipinski definition) is 1. The van der Waals surface area contributed by atoms with Gasteiger partial charge in [0.1, 0.15) is 8.65 Å². The van der Waals surface area contributed by atoms with Crippen molar-refractivity contribution in [3.8, 4) is 0 Å². The molecule has 5 heteroatoms. The lowest BCUT2D eigenvalue weighted by Gasteiger charge is -2.13. The predicted molar refractivity (Wildman–Crippen MR) is 46.2 cm³/mol. The SMILES string of the molecule is FC1(F)[C@]2(Br)[C@H]3CC[C@H](O3)[C@]12Br. The summed E-state index contributed by atoms with van der Waals surface area (Å²) < 4.78 is 29.9. The highest BCUT2D eigenvalue weighted by Crippen LogP contribution is 2.81. The van der Waals surface area contributed by atoms with Crippen molar-refractivity contribution in [1.82, 2.24) is 0 Å². The van der Waals surface area contributed by atoms with E-state index in [1.807, 2.05) is 0 Å². The van der Waals surface area contributed by atoms with Gasteiger partial charge in [-0.1, -0.05) is 31.9 Å². The lowest BCUT2D eigenvalue weighted by molar-refractivity contribution is -0.0130. The van der Waals surface area contributed by atoms with Crippen LogP contribution in [0.25, 0.3) is 0 Å². The fourth-order valence-electron chi connectivity index (χ4n) is 2.56. The van der Waals surface area contributed by atoms with Crippen LogP contribution in [0.2, 0.25) is 0 Å². The Balaban J connectivity index is 2.13. The van der Waals surface area contributed by atoms with Gasteiger partial charge in [0, 0.05) is 0 Å². The van der Waals surface area contributed by atoms with Crippen LogP contribution in [0.5, 0.6) is 0 Å². The molecular weight excluding hydrogens is 298 g/mol. The van der Waals surface area contributed by atoms with Crippen LogP contribution in [0.15, 0.2) is 0 Å². The summed E-state index contributed by atoms with van der Waals surface area (Å²) in [6, 6.07) is 0. The molecule has 0 amide bonds. The van der Waals surface area contributed by atoms with Gasteiger partial charge in [-0.05, 0) is 12.8 Å². The third kappa shape index (κ3) is 0.471. The molecule has 0 spiro atoms. The largest absolute Gasteiger partial charge is 0.371 e. The predicted octanol–water partition coefficient (Wildman–Crippen LogP) is 2.46. The van der Waals surface area contributed by atoms with E-state index < -0.39 is 14.6 Å². The maximum absolute atomic E-state index is 13.4. The molecule has 1 aliphatic carbocycles. The zero-order valence-electron chi connectivity index (χ0n) is 5.99. The van der Waals surface area contributed by atoms with Crippen molar-refractivity contribution < 1.29 is 13.5 Å². The van der Waals surface area contributed by atoms with Crippen molar-refractivity contribution in [2.45, 2.75) is 39.6 Å². The van der Waals surface area contributed by atoms with E-state index in [9.17, 15) is 8.78 Å². The van der Waals surface area contributed by atoms with Gasteiger partial charge in [-0.15, -0.1) is 0 Å². The summed E-state index contributed by atoms with van der Waals surface area (Å²) in [4.78, 5) is 0. The Bertz CT molecular complexity index is 248. The lowest BCUT2D eigenvalue weighted by Crippen LogP contribution is -2.26. The Labute approximate surface area is 85.1 Å². The summed E-state index contributed by atoms with van der Waals surface area (Å²) >= 11 is 6.26. The molecule has 4 atom stereocenters. The highest BCUT2D eigenvalue weighted by atomic mass is 79.9. The molecule has 3 fully saturated rings. The average molecular weight is 304 g/mol. The number of fused-ring (bicyclic) bond motifs is 5. The zero-order valence-corrected chi connectivity index (χ0v) is 9.16. The van der Waals surface area contributed by atoms with E-state index in [1.54, 1.807) is 0 Å². The molecule has 0 N–H and O–H groups in total.